The molecule has 0 aliphatic heterocycles. The summed E-state index contributed by atoms with van der Waals surface area (Å²) in [5, 5.41) is 0. The van der Waals surface area contributed by atoms with E-state index in [2.05, 4.69) is 20.4 Å². The number of benzene rings is 1. The summed E-state index contributed by atoms with van der Waals surface area (Å²) in [6, 6.07) is 5.66. The van der Waals surface area contributed by atoms with Gasteiger partial charge in [0, 0.05) is 13.1 Å². The van der Waals surface area contributed by atoms with Crippen LogP contribution < -0.4 is 20.9 Å². The van der Waals surface area contributed by atoms with Gasteiger partial charge in [0.25, 0.3) is 0 Å². The van der Waals surface area contributed by atoms with Gasteiger partial charge in [0.15, 0.2) is 0 Å². The van der Waals surface area contributed by atoms with Gasteiger partial charge in [-0.05, 0) is 38.1 Å². The molecule has 3 N–H and O–H groups in total. The summed E-state index contributed by atoms with van der Waals surface area (Å²) in [6.07, 6.45) is 0. The molecule has 0 radical (unpaired) electrons. The molecule has 2 aromatic rings. The molecular weight excluding hydrogens is 275 g/mol. The van der Waals surface area contributed by atoms with Crippen LogP contribution in [0.3, 0.4) is 0 Å². The first-order valence-electron chi connectivity index (χ1n) is 6.57. The highest BCUT2D eigenvalue weighted by atomic mass is 19.1. The number of rotatable bonds is 6. The molecule has 0 aliphatic rings. The Labute approximate surface area is 122 Å². The maximum atomic E-state index is 12.9. The Hall–Kier alpha value is -2.48. The number of anilines is 2. The SMILES string of the molecule is CCN(CC)c1nc(NN)nc(Oc2ccc(F)cc2)n1. The lowest BCUT2D eigenvalue weighted by Gasteiger charge is -2.19. The summed E-state index contributed by atoms with van der Waals surface area (Å²) >= 11 is 0. The van der Waals surface area contributed by atoms with E-state index < -0.39 is 0 Å². The Bertz CT molecular complexity index is 588. The number of nitrogens with one attached hydrogen (secondary N) is 1. The van der Waals surface area contributed by atoms with E-state index >= 15 is 0 Å². The number of nitrogens with two attached hydrogens (primary N) is 1. The lowest BCUT2D eigenvalue weighted by molar-refractivity contribution is 0.438. The van der Waals surface area contributed by atoms with Crippen molar-refractivity contribution in [1.82, 2.24) is 15.0 Å². The number of nitrogens with zero attached hydrogens (tertiary/aromatic N) is 4. The van der Waals surface area contributed by atoms with Gasteiger partial charge in [-0.25, -0.2) is 10.2 Å². The van der Waals surface area contributed by atoms with Crippen LogP contribution in [0.5, 0.6) is 11.8 Å². The first kappa shape index (κ1) is 14.9. The smallest absolute Gasteiger partial charge is 0.328 e. The molecule has 0 saturated heterocycles. The molecule has 0 bridgehead atoms. The van der Waals surface area contributed by atoms with Crippen LogP contribution in [0.15, 0.2) is 24.3 Å². The van der Waals surface area contributed by atoms with Crippen molar-refractivity contribution < 1.29 is 9.13 Å². The van der Waals surface area contributed by atoms with Gasteiger partial charge in [-0.2, -0.15) is 15.0 Å². The Morgan fingerprint density at radius 3 is 2.38 bits per heavy atom. The number of hydrogen-bond donors (Lipinski definition) is 2. The fourth-order valence-corrected chi connectivity index (χ4v) is 1.71. The molecule has 7 nitrogen and oxygen atoms in total. The summed E-state index contributed by atoms with van der Waals surface area (Å²) in [5.41, 5.74) is 2.38. The number of halogens is 1. The number of nitrogen functional groups attached to an aromatic ring is 1. The van der Waals surface area contributed by atoms with Gasteiger partial charge in [-0.15, -0.1) is 0 Å². The van der Waals surface area contributed by atoms with E-state index in [1.165, 1.54) is 24.3 Å². The van der Waals surface area contributed by atoms with Crippen molar-refractivity contribution >= 4 is 11.9 Å². The number of ether oxygens (including phenoxy) is 1. The molecule has 1 aromatic carbocycles. The van der Waals surface area contributed by atoms with Gasteiger partial charge in [-0.3, -0.25) is 5.43 Å². The summed E-state index contributed by atoms with van der Waals surface area (Å²) in [6.45, 7) is 5.45. The molecule has 8 heteroatoms. The molecular formula is C13H17FN6O. The third-order valence-corrected chi connectivity index (χ3v) is 2.80. The highest BCUT2D eigenvalue weighted by Gasteiger charge is 2.12. The van der Waals surface area contributed by atoms with Gasteiger partial charge in [-0.1, -0.05) is 0 Å². The van der Waals surface area contributed by atoms with Gasteiger partial charge >= 0.3 is 6.01 Å². The van der Waals surface area contributed by atoms with Crippen LogP contribution in [0.2, 0.25) is 0 Å². The van der Waals surface area contributed by atoms with Crippen LogP contribution in [-0.4, -0.2) is 28.0 Å². The second-order valence-electron chi connectivity index (χ2n) is 4.11. The Balaban J connectivity index is 2.29. The normalized spacial score (nSPS) is 10.3. The average Bonchev–Trinajstić information content (AvgIpc) is 2.50. The molecule has 1 aromatic heterocycles. The lowest BCUT2D eigenvalue weighted by atomic mass is 10.3. The molecule has 0 spiro atoms. The van der Waals surface area contributed by atoms with E-state index in [0.29, 0.717) is 11.7 Å². The van der Waals surface area contributed by atoms with E-state index in [9.17, 15) is 4.39 Å². The minimum absolute atomic E-state index is 0.0893. The Kier molecular flexibility index (Phi) is 4.83. The Morgan fingerprint density at radius 2 is 1.81 bits per heavy atom. The van der Waals surface area contributed by atoms with E-state index in [4.69, 9.17) is 10.6 Å². The highest BCUT2D eigenvalue weighted by Crippen LogP contribution is 2.21. The molecule has 0 fully saturated rings. The molecule has 0 unspecified atom stereocenters. The summed E-state index contributed by atoms with van der Waals surface area (Å²) in [5.74, 6) is 6.10. The first-order valence-corrected chi connectivity index (χ1v) is 6.57. The van der Waals surface area contributed by atoms with Crippen LogP contribution in [0, 0.1) is 5.82 Å². The van der Waals surface area contributed by atoms with Crippen molar-refractivity contribution in [2.24, 2.45) is 5.84 Å². The van der Waals surface area contributed by atoms with Gasteiger partial charge in [0.05, 0.1) is 0 Å². The van der Waals surface area contributed by atoms with Gasteiger partial charge in [0.2, 0.25) is 11.9 Å². The number of aromatic nitrogens is 3. The zero-order valence-electron chi connectivity index (χ0n) is 11.9. The lowest BCUT2D eigenvalue weighted by Crippen LogP contribution is -2.25. The summed E-state index contributed by atoms with van der Waals surface area (Å²) in [7, 11) is 0. The molecule has 0 amide bonds. The molecule has 0 atom stereocenters. The van der Waals surface area contributed by atoms with E-state index in [1.54, 1.807) is 0 Å². The molecule has 112 valence electrons. The van der Waals surface area contributed by atoms with Crippen molar-refractivity contribution in [2.75, 3.05) is 23.4 Å². The maximum Gasteiger partial charge on any atom is 0.328 e. The van der Waals surface area contributed by atoms with Gasteiger partial charge in [0.1, 0.15) is 11.6 Å². The number of hydrogen-bond acceptors (Lipinski definition) is 7. The van der Waals surface area contributed by atoms with Crippen molar-refractivity contribution in [3.63, 3.8) is 0 Å². The van der Waals surface area contributed by atoms with Crippen molar-refractivity contribution in [3.05, 3.63) is 30.1 Å². The number of hydrazine groups is 1. The van der Waals surface area contributed by atoms with Gasteiger partial charge < -0.3 is 9.64 Å². The summed E-state index contributed by atoms with van der Waals surface area (Å²) in [4.78, 5) is 14.4. The van der Waals surface area contributed by atoms with Crippen molar-refractivity contribution in [1.29, 1.82) is 0 Å². The van der Waals surface area contributed by atoms with E-state index in [0.717, 1.165) is 13.1 Å². The molecule has 2 rings (SSSR count). The van der Waals surface area contributed by atoms with E-state index in [1.807, 2.05) is 18.7 Å². The van der Waals surface area contributed by atoms with Crippen LogP contribution in [0.25, 0.3) is 0 Å². The largest absolute Gasteiger partial charge is 0.424 e. The van der Waals surface area contributed by atoms with Crippen LogP contribution >= 0.6 is 0 Å². The van der Waals surface area contributed by atoms with Crippen LogP contribution in [-0.2, 0) is 0 Å². The average molecular weight is 292 g/mol. The quantitative estimate of drug-likeness (QED) is 0.621. The van der Waals surface area contributed by atoms with Crippen molar-refractivity contribution in [2.45, 2.75) is 13.8 Å². The fraction of sp³-hybridized carbons (Fsp3) is 0.308. The topological polar surface area (TPSA) is 89.2 Å². The molecule has 0 aliphatic carbocycles. The van der Waals surface area contributed by atoms with Crippen LogP contribution in [0.1, 0.15) is 13.8 Å². The van der Waals surface area contributed by atoms with E-state index in [-0.39, 0.29) is 17.8 Å². The summed E-state index contributed by atoms with van der Waals surface area (Å²) < 4.78 is 18.4. The second-order valence-corrected chi connectivity index (χ2v) is 4.11. The van der Waals surface area contributed by atoms with Crippen LogP contribution in [0.4, 0.5) is 16.3 Å². The Morgan fingerprint density at radius 1 is 1.14 bits per heavy atom. The first-order chi connectivity index (χ1) is 10.2. The monoisotopic (exact) mass is 292 g/mol. The fourth-order valence-electron chi connectivity index (χ4n) is 1.71. The van der Waals surface area contributed by atoms with Crippen molar-refractivity contribution in [3.8, 4) is 11.8 Å². The zero-order chi connectivity index (χ0) is 15.2. The second kappa shape index (κ2) is 6.80. The third kappa shape index (κ3) is 3.76. The predicted octanol–water partition coefficient (Wildman–Crippen LogP) is 1.93. The maximum absolute atomic E-state index is 12.9. The highest BCUT2D eigenvalue weighted by molar-refractivity contribution is 5.38. The molecule has 1 heterocycles. The molecule has 0 saturated carbocycles. The zero-order valence-corrected chi connectivity index (χ0v) is 11.9. The minimum atomic E-state index is -0.342. The molecule has 21 heavy (non-hydrogen) atoms. The standard InChI is InChI=1S/C13H17FN6O/c1-3-20(4-2)12-16-11(19-15)17-13(18-12)21-10-7-5-9(14)6-8-10/h5-8H,3-4,15H2,1-2H3,(H,16,17,18,19). The predicted molar refractivity (Wildman–Crippen MR) is 77.7 cm³/mol. The third-order valence-electron chi connectivity index (χ3n) is 2.80. The minimum Gasteiger partial charge on any atom is -0.424 e.